The minimum absolute atomic E-state index is 0.300. The topological polar surface area (TPSA) is 66.5 Å². The van der Waals surface area contributed by atoms with Crippen molar-refractivity contribution in [3.05, 3.63) is 0 Å². The largest absolute Gasteiger partial charge is 0.315 e. The van der Waals surface area contributed by atoms with Gasteiger partial charge in [0.1, 0.15) is 5.37 Å². The van der Waals surface area contributed by atoms with Gasteiger partial charge in [0.05, 0.1) is 0 Å². The lowest BCUT2D eigenvalue weighted by atomic mass is 10.4. The van der Waals surface area contributed by atoms with E-state index in [9.17, 15) is 13.2 Å². The minimum Gasteiger partial charge on any atom is -0.315 e. The van der Waals surface area contributed by atoms with E-state index in [0.717, 1.165) is 6.26 Å². The molecule has 1 heterocycles. The molecule has 12 heavy (non-hydrogen) atoms. The van der Waals surface area contributed by atoms with Crippen LogP contribution in [0, 0.1) is 0 Å². The summed E-state index contributed by atoms with van der Waals surface area (Å²) < 4.78 is 22.2. The molecule has 0 bridgehead atoms. The van der Waals surface area contributed by atoms with Crippen LogP contribution < -0.4 is 5.32 Å². The predicted octanol–water partition coefficient (Wildman–Crippen LogP) is -1.67. The summed E-state index contributed by atoms with van der Waals surface area (Å²) in [6.45, 7) is 1.33. The van der Waals surface area contributed by atoms with E-state index in [0.29, 0.717) is 19.6 Å². The summed E-state index contributed by atoms with van der Waals surface area (Å²) in [4.78, 5) is 11.5. The molecule has 0 aromatic rings. The Kier molecular flexibility index (Phi) is 2.69. The maximum Gasteiger partial charge on any atom is 0.313 e. The molecule has 0 aliphatic carbocycles. The molecule has 1 aliphatic heterocycles. The smallest absolute Gasteiger partial charge is 0.313 e. The number of piperazine rings is 1. The summed E-state index contributed by atoms with van der Waals surface area (Å²) >= 11 is 0. The number of hydrogen-bond acceptors (Lipinski definition) is 4. The lowest BCUT2D eigenvalue weighted by molar-refractivity contribution is 0.300. The van der Waals surface area contributed by atoms with E-state index >= 15 is 0 Å². The molecule has 69 valence electrons. The Morgan fingerprint density at radius 2 is 2.25 bits per heavy atom. The third kappa shape index (κ3) is 1.95. The lowest BCUT2D eigenvalue weighted by Crippen LogP contribution is -2.53. The third-order valence-corrected chi connectivity index (χ3v) is 3.22. The molecule has 1 atom stereocenters. The molecule has 1 unspecified atom stereocenters. The highest BCUT2D eigenvalue weighted by Crippen LogP contribution is 2.06. The molecule has 1 fully saturated rings. The Morgan fingerprint density at radius 3 is 2.67 bits per heavy atom. The average molecular weight is 191 g/mol. The highest BCUT2D eigenvalue weighted by molar-refractivity contribution is 7.91. The highest BCUT2D eigenvalue weighted by atomic mass is 32.2. The summed E-state index contributed by atoms with van der Waals surface area (Å²) in [5.41, 5.74) is 0. The van der Waals surface area contributed by atoms with E-state index in [-0.39, 0.29) is 0 Å². The van der Waals surface area contributed by atoms with E-state index in [1.807, 2.05) is 0 Å². The number of nitrogens with zero attached hydrogens (tertiary/aromatic N) is 1. The van der Waals surface area contributed by atoms with Crippen molar-refractivity contribution in [2.75, 3.05) is 25.9 Å². The fourth-order valence-electron chi connectivity index (χ4n) is 1.17. The molecule has 0 saturated carbocycles. The maximum absolute atomic E-state index is 11.1. The van der Waals surface area contributed by atoms with E-state index in [4.69, 9.17) is 0 Å². The van der Waals surface area contributed by atoms with Gasteiger partial charge in [-0.1, -0.05) is 0 Å². The molecule has 1 amide bonds. The molecule has 1 aliphatic rings. The molecule has 0 aromatic heterocycles. The number of rotatable bonds is 2. The first kappa shape index (κ1) is 9.47. The van der Waals surface area contributed by atoms with Crippen LogP contribution in [0.3, 0.4) is 0 Å². The van der Waals surface area contributed by atoms with Crippen LogP contribution in [0.4, 0.5) is 0 Å². The Balaban J connectivity index is 2.79. The Labute approximate surface area is 71.7 Å². The van der Waals surface area contributed by atoms with Crippen LogP contribution in [0.2, 0.25) is 0 Å². The number of hydrogen-bond donors (Lipinski definition) is 1. The predicted molar refractivity (Wildman–Crippen MR) is 43.9 cm³/mol. The van der Waals surface area contributed by atoms with E-state index < -0.39 is 15.2 Å². The molecule has 1 radical (unpaired) electrons. The zero-order valence-electron chi connectivity index (χ0n) is 6.78. The van der Waals surface area contributed by atoms with Crippen molar-refractivity contribution in [2.24, 2.45) is 0 Å². The van der Waals surface area contributed by atoms with Crippen molar-refractivity contribution in [1.82, 2.24) is 10.2 Å². The summed E-state index contributed by atoms with van der Waals surface area (Å²) in [7, 11) is -3.19. The van der Waals surface area contributed by atoms with Gasteiger partial charge in [-0.05, 0) is 0 Å². The fourth-order valence-corrected chi connectivity index (χ4v) is 2.20. The van der Waals surface area contributed by atoms with Gasteiger partial charge in [0.25, 0.3) is 0 Å². The van der Waals surface area contributed by atoms with Crippen LogP contribution in [0.15, 0.2) is 0 Å². The SMILES string of the molecule is CS(=O)(=O)C1CNCCN1[C]=O. The van der Waals surface area contributed by atoms with Crippen LogP contribution in [-0.4, -0.2) is 51.0 Å². The zero-order chi connectivity index (χ0) is 9.19. The minimum atomic E-state index is -3.19. The third-order valence-electron chi connectivity index (χ3n) is 1.81. The summed E-state index contributed by atoms with van der Waals surface area (Å²) in [6, 6.07) is 0. The zero-order valence-corrected chi connectivity index (χ0v) is 7.60. The van der Waals surface area contributed by atoms with Crippen molar-refractivity contribution in [2.45, 2.75) is 5.37 Å². The number of sulfone groups is 1. The quantitative estimate of drug-likeness (QED) is 0.566. The van der Waals surface area contributed by atoms with Gasteiger partial charge >= 0.3 is 6.41 Å². The molecular weight excluding hydrogens is 180 g/mol. The van der Waals surface area contributed by atoms with Gasteiger partial charge in [-0.25, -0.2) is 8.42 Å². The second-order valence-corrected chi connectivity index (χ2v) is 4.98. The Bertz CT molecular complexity index is 262. The summed E-state index contributed by atoms with van der Waals surface area (Å²) in [5.74, 6) is 0. The van der Waals surface area contributed by atoms with Crippen molar-refractivity contribution in [1.29, 1.82) is 0 Å². The summed E-state index contributed by atoms with van der Waals surface area (Å²) in [6.07, 6.45) is 2.74. The molecule has 1 N–H and O–H groups in total. The van der Waals surface area contributed by atoms with E-state index in [2.05, 4.69) is 5.32 Å². The molecule has 1 rings (SSSR count). The first-order valence-corrected chi connectivity index (χ1v) is 5.55. The fraction of sp³-hybridized carbons (Fsp3) is 0.833. The summed E-state index contributed by atoms with van der Waals surface area (Å²) in [5, 5.41) is 2.16. The van der Waals surface area contributed by atoms with Crippen molar-refractivity contribution in [3.8, 4) is 0 Å². The van der Waals surface area contributed by atoms with Gasteiger partial charge in [-0.3, -0.25) is 4.79 Å². The standard InChI is InChI=1S/C6H11N2O3S/c1-12(10,11)6-4-7-2-3-8(6)5-9/h6-7H,2-4H2,1H3. The van der Waals surface area contributed by atoms with Crippen molar-refractivity contribution < 1.29 is 13.2 Å². The van der Waals surface area contributed by atoms with Gasteiger partial charge in [-0.15, -0.1) is 0 Å². The lowest BCUT2D eigenvalue weighted by Gasteiger charge is -2.30. The molecular formula is C6H11N2O3S. The molecule has 6 heteroatoms. The monoisotopic (exact) mass is 191 g/mol. The van der Waals surface area contributed by atoms with Gasteiger partial charge in [0, 0.05) is 25.9 Å². The molecule has 5 nitrogen and oxygen atoms in total. The highest BCUT2D eigenvalue weighted by Gasteiger charge is 2.29. The average Bonchev–Trinajstić information content (AvgIpc) is 2.03. The normalized spacial score (nSPS) is 25.4. The van der Waals surface area contributed by atoms with E-state index in [1.165, 1.54) is 4.90 Å². The van der Waals surface area contributed by atoms with Crippen molar-refractivity contribution >= 4 is 16.2 Å². The van der Waals surface area contributed by atoms with Crippen LogP contribution in [0.5, 0.6) is 0 Å². The van der Waals surface area contributed by atoms with Crippen LogP contribution in [0.1, 0.15) is 0 Å². The van der Waals surface area contributed by atoms with Gasteiger partial charge in [0.2, 0.25) is 0 Å². The number of nitrogens with one attached hydrogen (secondary N) is 1. The van der Waals surface area contributed by atoms with Crippen LogP contribution in [-0.2, 0) is 14.6 Å². The Morgan fingerprint density at radius 1 is 1.58 bits per heavy atom. The van der Waals surface area contributed by atoms with Gasteiger partial charge in [0.15, 0.2) is 9.84 Å². The first-order valence-electron chi connectivity index (χ1n) is 3.59. The Hall–Kier alpha value is -0.620. The van der Waals surface area contributed by atoms with E-state index in [1.54, 1.807) is 6.41 Å². The molecule has 1 saturated heterocycles. The molecule has 0 spiro atoms. The number of amides is 1. The maximum atomic E-state index is 11.1. The second kappa shape index (κ2) is 3.40. The van der Waals surface area contributed by atoms with Crippen LogP contribution in [0.25, 0.3) is 0 Å². The van der Waals surface area contributed by atoms with Gasteiger partial charge < -0.3 is 10.2 Å². The second-order valence-electron chi connectivity index (χ2n) is 2.77. The van der Waals surface area contributed by atoms with Crippen molar-refractivity contribution in [3.63, 3.8) is 0 Å². The first-order chi connectivity index (χ1) is 5.55. The van der Waals surface area contributed by atoms with Gasteiger partial charge in [-0.2, -0.15) is 0 Å². The van der Waals surface area contributed by atoms with Crippen LogP contribution >= 0.6 is 0 Å². The number of carbonyl (C=O) groups excluding carboxylic acids is 1. The molecule has 0 aromatic carbocycles.